The van der Waals surface area contributed by atoms with Crippen molar-refractivity contribution in [3.8, 4) is 0 Å². The van der Waals surface area contributed by atoms with Gasteiger partial charge < -0.3 is 9.64 Å². The van der Waals surface area contributed by atoms with Crippen LogP contribution in [-0.2, 0) is 21.2 Å². The number of ether oxygens (including phenoxy) is 1. The summed E-state index contributed by atoms with van der Waals surface area (Å²) in [6.07, 6.45) is 0.938. The van der Waals surface area contributed by atoms with Gasteiger partial charge in [-0.3, -0.25) is 9.69 Å². The Hall–Kier alpha value is -2.08. The molecule has 4 rings (SSSR count). The predicted molar refractivity (Wildman–Crippen MR) is 152 cm³/mol. The summed E-state index contributed by atoms with van der Waals surface area (Å²) in [5.74, 6) is -0.188. The normalized spacial score (nSPS) is 14.6. The van der Waals surface area contributed by atoms with Crippen LogP contribution in [0.5, 0.6) is 0 Å². The smallest absolute Gasteiger partial charge is 0.260 e. The van der Waals surface area contributed by atoms with Crippen LogP contribution in [0.3, 0.4) is 0 Å². The molecule has 0 atom stereocenters. The maximum atomic E-state index is 13.7. The third kappa shape index (κ3) is 6.68. The van der Waals surface area contributed by atoms with Gasteiger partial charge >= 0.3 is 0 Å². The van der Waals surface area contributed by atoms with Crippen LogP contribution in [-0.4, -0.2) is 81.0 Å². The largest absolute Gasteiger partial charge is 0.379 e. The monoisotopic (exact) mass is 566 g/mol. The number of thiazole rings is 1. The van der Waals surface area contributed by atoms with E-state index in [1.807, 2.05) is 6.07 Å². The Morgan fingerprint density at radius 2 is 1.70 bits per heavy atom. The minimum Gasteiger partial charge on any atom is -0.379 e. The molecule has 8 nitrogen and oxygen atoms in total. The molecular formula is C26H35ClN4O4S2. The Balaban J connectivity index is 0.00000380. The highest BCUT2D eigenvalue weighted by molar-refractivity contribution is 7.89. The molecular weight excluding hydrogens is 532 g/mol. The number of nitrogens with zero attached hydrogens (tertiary/aromatic N) is 4. The second kappa shape index (κ2) is 13.1. The zero-order valence-corrected chi connectivity index (χ0v) is 24.0. The van der Waals surface area contributed by atoms with Crippen LogP contribution in [0, 0.1) is 0 Å². The first-order valence-electron chi connectivity index (χ1n) is 12.5. The number of benzene rings is 2. The molecule has 1 saturated heterocycles. The van der Waals surface area contributed by atoms with Crippen molar-refractivity contribution in [3.63, 3.8) is 0 Å². The summed E-state index contributed by atoms with van der Waals surface area (Å²) in [7, 11) is -3.62. The highest BCUT2D eigenvalue weighted by Crippen LogP contribution is 2.31. The van der Waals surface area contributed by atoms with Crippen LogP contribution in [0.1, 0.15) is 36.7 Å². The zero-order valence-electron chi connectivity index (χ0n) is 21.6. The van der Waals surface area contributed by atoms with E-state index in [1.54, 1.807) is 17.0 Å². The summed E-state index contributed by atoms with van der Waals surface area (Å²) in [5.41, 5.74) is 2.54. The molecule has 202 valence electrons. The number of hydrogen-bond acceptors (Lipinski definition) is 7. The van der Waals surface area contributed by atoms with Crippen molar-refractivity contribution in [2.24, 2.45) is 0 Å². The first-order valence-corrected chi connectivity index (χ1v) is 14.7. The number of likely N-dealkylation sites (N-methyl/N-ethyl adjacent to an activating group) is 1. The van der Waals surface area contributed by atoms with Crippen molar-refractivity contribution in [2.45, 2.75) is 32.1 Å². The number of carbonyl (C=O) groups excluding carboxylic acids is 1. The minimum absolute atomic E-state index is 0. The summed E-state index contributed by atoms with van der Waals surface area (Å²) < 4.78 is 33.7. The molecule has 0 bridgehead atoms. The first kappa shape index (κ1) is 29.5. The topological polar surface area (TPSA) is 83.1 Å². The lowest BCUT2D eigenvalue weighted by Gasteiger charge is -2.26. The van der Waals surface area contributed by atoms with E-state index in [-0.39, 0.29) is 23.2 Å². The summed E-state index contributed by atoms with van der Waals surface area (Å²) in [4.78, 5) is 22.6. The van der Waals surface area contributed by atoms with Gasteiger partial charge in [0.1, 0.15) is 0 Å². The molecule has 2 heterocycles. The summed E-state index contributed by atoms with van der Waals surface area (Å²) >= 11 is 1.51. The van der Waals surface area contributed by atoms with Crippen molar-refractivity contribution >= 4 is 55.0 Å². The van der Waals surface area contributed by atoms with Crippen molar-refractivity contribution in [2.75, 3.05) is 57.4 Å². The molecule has 2 aromatic carbocycles. The Morgan fingerprint density at radius 1 is 1.03 bits per heavy atom. The summed E-state index contributed by atoms with van der Waals surface area (Å²) in [6.45, 7) is 10.8. The molecule has 1 aromatic heterocycles. The van der Waals surface area contributed by atoms with Crippen molar-refractivity contribution in [1.82, 2.24) is 14.2 Å². The van der Waals surface area contributed by atoms with Gasteiger partial charge in [0.05, 0.1) is 28.3 Å². The number of amides is 1. The quantitative estimate of drug-likeness (QED) is 0.364. The highest BCUT2D eigenvalue weighted by Gasteiger charge is 2.27. The van der Waals surface area contributed by atoms with Crippen LogP contribution in [0.2, 0.25) is 0 Å². The average Bonchev–Trinajstić information content (AvgIpc) is 3.34. The number of aryl methyl sites for hydroxylation is 1. The van der Waals surface area contributed by atoms with Gasteiger partial charge in [0.25, 0.3) is 5.91 Å². The van der Waals surface area contributed by atoms with E-state index in [1.165, 1.54) is 33.3 Å². The molecule has 0 radical (unpaired) electrons. The van der Waals surface area contributed by atoms with E-state index < -0.39 is 10.0 Å². The number of aromatic nitrogens is 1. The number of sulfonamides is 1. The molecule has 1 aliphatic rings. The lowest BCUT2D eigenvalue weighted by atomic mass is 10.2. The van der Waals surface area contributed by atoms with Gasteiger partial charge in [-0.15, -0.1) is 12.4 Å². The van der Waals surface area contributed by atoms with E-state index >= 15 is 0 Å². The van der Waals surface area contributed by atoms with Crippen molar-refractivity contribution < 1.29 is 17.9 Å². The maximum absolute atomic E-state index is 13.7. The molecule has 0 saturated carbocycles. The Labute approximate surface area is 229 Å². The van der Waals surface area contributed by atoms with Gasteiger partial charge in [0.15, 0.2) is 5.13 Å². The van der Waals surface area contributed by atoms with Gasteiger partial charge in [0, 0.05) is 31.7 Å². The van der Waals surface area contributed by atoms with Crippen LogP contribution in [0.4, 0.5) is 5.13 Å². The molecule has 0 unspecified atom stereocenters. The van der Waals surface area contributed by atoms with Crippen LogP contribution in [0.15, 0.2) is 47.4 Å². The molecule has 3 aromatic rings. The van der Waals surface area contributed by atoms with Crippen LogP contribution >= 0.6 is 23.7 Å². The summed E-state index contributed by atoms with van der Waals surface area (Å²) in [6, 6.07) is 12.5. The minimum atomic E-state index is -3.62. The van der Waals surface area contributed by atoms with Gasteiger partial charge in [-0.25, -0.2) is 13.4 Å². The third-order valence-corrected chi connectivity index (χ3v) is 9.52. The molecule has 1 amide bonds. The number of rotatable bonds is 10. The van der Waals surface area contributed by atoms with Gasteiger partial charge in [-0.2, -0.15) is 4.31 Å². The van der Waals surface area contributed by atoms with Crippen molar-refractivity contribution in [1.29, 1.82) is 0 Å². The molecule has 11 heteroatoms. The van der Waals surface area contributed by atoms with Crippen molar-refractivity contribution in [3.05, 3.63) is 53.6 Å². The first-order chi connectivity index (χ1) is 17.4. The van der Waals surface area contributed by atoms with Gasteiger partial charge in [-0.1, -0.05) is 38.2 Å². The number of carbonyl (C=O) groups is 1. The standard InChI is InChI=1S/C26H34N4O4S2.ClH/c1-4-20-7-12-23-24(19-20)35-26(27-23)30(14-13-28(5-2)6-3)25(31)21-8-10-22(11-9-21)36(32,33)29-15-17-34-18-16-29;/h7-12,19H,4-6,13-18H2,1-3H3;1H. The molecule has 1 aliphatic heterocycles. The van der Waals surface area contributed by atoms with Crippen LogP contribution < -0.4 is 4.90 Å². The molecule has 0 spiro atoms. The van der Waals surface area contributed by atoms with Gasteiger partial charge in [-0.05, 0) is 61.5 Å². The maximum Gasteiger partial charge on any atom is 0.260 e. The number of halogens is 1. The lowest BCUT2D eigenvalue weighted by Crippen LogP contribution is -2.40. The highest BCUT2D eigenvalue weighted by atomic mass is 35.5. The number of morpholine rings is 1. The molecule has 37 heavy (non-hydrogen) atoms. The Bertz CT molecular complexity index is 1290. The van der Waals surface area contributed by atoms with Gasteiger partial charge in [0.2, 0.25) is 10.0 Å². The number of fused-ring (bicyclic) bond motifs is 1. The molecule has 0 aliphatic carbocycles. The zero-order chi connectivity index (χ0) is 25.7. The van der Waals surface area contributed by atoms with E-state index in [0.717, 1.165) is 36.3 Å². The molecule has 1 fully saturated rings. The van der Waals surface area contributed by atoms with E-state index in [0.29, 0.717) is 43.5 Å². The number of hydrogen-bond donors (Lipinski definition) is 0. The van der Waals surface area contributed by atoms with E-state index in [9.17, 15) is 13.2 Å². The number of anilines is 1. The SMILES string of the molecule is CCc1ccc2nc(N(CCN(CC)CC)C(=O)c3ccc(S(=O)(=O)N4CCOCC4)cc3)sc2c1.Cl. The third-order valence-electron chi connectivity index (χ3n) is 6.57. The summed E-state index contributed by atoms with van der Waals surface area (Å²) in [5, 5.41) is 0.653. The average molecular weight is 567 g/mol. The fraction of sp³-hybridized carbons (Fsp3) is 0.462. The van der Waals surface area contributed by atoms with E-state index in [4.69, 9.17) is 9.72 Å². The fourth-order valence-electron chi connectivity index (χ4n) is 4.22. The Morgan fingerprint density at radius 3 is 2.32 bits per heavy atom. The van der Waals surface area contributed by atoms with Crippen LogP contribution in [0.25, 0.3) is 10.2 Å². The second-order valence-corrected chi connectivity index (χ2v) is 11.6. The Kier molecular flexibility index (Phi) is 10.5. The predicted octanol–water partition coefficient (Wildman–Crippen LogP) is 4.29. The lowest BCUT2D eigenvalue weighted by molar-refractivity contribution is 0.0730. The van der Waals surface area contributed by atoms with E-state index in [2.05, 4.69) is 37.8 Å². The molecule has 0 N–H and O–H groups in total. The second-order valence-electron chi connectivity index (χ2n) is 8.68. The fourth-order valence-corrected chi connectivity index (χ4v) is 6.68.